The summed E-state index contributed by atoms with van der Waals surface area (Å²) in [6, 6.07) is 16.9. The van der Waals surface area contributed by atoms with Gasteiger partial charge < -0.3 is 15.0 Å². The number of nitrogens with one attached hydrogen (secondary N) is 1. The van der Waals surface area contributed by atoms with Crippen molar-refractivity contribution in [3.8, 4) is 5.75 Å². The highest BCUT2D eigenvalue weighted by Gasteiger charge is 2.25. The SMILES string of the molecule is COc1ccc(Cl)cc1Nc1ccc(C(=O)N2CCc3ccccc32)nc1. The molecule has 27 heavy (non-hydrogen) atoms. The smallest absolute Gasteiger partial charge is 0.276 e. The second kappa shape index (κ2) is 7.29. The molecule has 3 aromatic rings. The second-order valence-corrected chi connectivity index (χ2v) is 6.67. The number of pyridine rings is 1. The van der Waals surface area contributed by atoms with E-state index in [4.69, 9.17) is 16.3 Å². The molecule has 0 radical (unpaired) electrons. The van der Waals surface area contributed by atoms with Gasteiger partial charge in [-0.3, -0.25) is 4.79 Å². The van der Waals surface area contributed by atoms with E-state index in [9.17, 15) is 4.79 Å². The molecule has 1 aliphatic rings. The molecule has 1 aromatic heterocycles. The van der Waals surface area contributed by atoms with E-state index in [1.807, 2.05) is 24.3 Å². The Morgan fingerprint density at radius 1 is 1.19 bits per heavy atom. The largest absolute Gasteiger partial charge is 0.495 e. The highest BCUT2D eigenvalue weighted by Crippen LogP contribution is 2.31. The zero-order valence-corrected chi connectivity index (χ0v) is 15.5. The summed E-state index contributed by atoms with van der Waals surface area (Å²) in [7, 11) is 1.60. The topological polar surface area (TPSA) is 54.5 Å². The van der Waals surface area contributed by atoms with E-state index >= 15 is 0 Å². The lowest BCUT2D eigenvalue weighted by atomic mass is 10.2. The first-order chi connectivity index (χ1) is 13.2. The molecule has 1 N–H and O–H groups in total. The fraction of sp³-hybridized carbons (Fsp3) is 0.143. The first-order valence-corrected chi connectivity index (χ1v) is 9.00. The van der Waals surface area contributed by atoms with Gasteiger partial charge in [-0.25, -0.2) is 4.98 Å². The van der Waals surface area contributed by atoms with Crippen LogP contribution in [0.2, 0.25) is 5.02 Å². The number of hydrogen-bond donors (Lipinski definition) is 1. The van der Waals surface area contributed by atoms with Gasteiger partial charge in [0.15, 0.2) is 0 Å². The normalized spacial score (nSPS) is 12.6. The van der Waals surface area contributed by atoms with Gasteiger partial charge in [-0.15, -0.1) is 0 Å². The van der Waals surface area contributed by atoms with Crippen molar-refractivity contribution >= 4 is 34.6 Å². The predicted octanol–water partition coefficient (Wildman–Crippen LogP) is 4.69. The summed E-state index contributed by atoms with van der Waals surface area (Å²) < 4.78 is 5.33. The molecule has 4 rings (SSSR count). The van der Waals surface area contributed by atoms with E-state index < -0.39 is 0 Å². The summed E-state index contributed by atoms with van der Waals surface area (Å²) in [4.78, 5) is 19.0. The number of amides is 1. The van der Waals surface area contributed by atoms with Crippen molar-refractivity contribution in [2.75, 3.05) is 23.9 Å². The maximum Gasteiger partial charge on any atom is 0.276 e. The number of halogens is 1. The Bertz CT molecular complexity index is 989. The third kappa shape index (κ3) is 3.46. The molecule has 0 bridgehead atoms. The Morgan fingerprint density at radius 2 is 2.04 bits per heavy atom. The fourth-order valence-corrected chi connectivity index (χ4v) is 3.39. The average molecular weight is 380 g/mol. The van der Waals surface area contributed by atoms with Crippen molar-refractivity contribution in [3.05, 3.63) is 77.1 Å². The van der Waals surface area contributed by atoms with E-state index in [0.717, 1.165) is 23.5 Å². The van der Waals surface area contributed by atoms with Crippen LogP contribution >= 0.6 is 11.6 Å². The van der Waals surface area contributed by atoms with Crippen molar-refractivity contribution in [2.45, 2.75) is 6.42 Å². The van der Waals surface area contributed by atoms with Gasteiger partial charge in [-0.2, -0.15) is 0 Å². The molecule has 5 nitrogen and oxygen atoms in total. The van der Waals surface area contributed by atoms with Gasteiger partial charge in [0.1, 0.15) is 11.4 Å². The first kappa shape index (κ1) is 17.4. The molecule has 2 heterocycles. The molecule has 0 saturated carbocycles. The quantitative estimate of drug-likeness (QED) is 0.714. The summed E-state index contributed by atoms with van der Waals surface area (Å²) >= 11 is 6.06. The van der Waals surface area contributed by atoms with Crippen molar-refractivity contribution in [2.24, 2.45) is 0 Å². The van der Waals surface area contributed by atoms with E-state index in [1.54, 1.807) is 42.5 Å². The molecular weight excluding hydrogens is 362 g/mol. The first-order valence-electron chi connectivity index (χ1n) is 8.62. The third-order valence-electron chi connectivity index (χ3n) is 4.56. The average Bonchev–Trinajstić information content (AvgIpc) is 3.12. The van der Waals surface area contributed by atoms with Crippen LogP contribution in [0.15, 0.2) is 60.8 Å². The van der Waals surface area contributed by atoms with E-state index in [0.29, 0.717) is 23.0 Å². The van der Waals surface area contributed by atoms with Crippen molar-refractivity contribution in [3.63, 3.8) is 0 Å². The number of carbonyl (C=O) groups excluding carboxylic acids is 1. The van der Waals surface area contributed by atoms with Crippen LogP contribution in [0.5, 0.6) is 5.75 Å². The van der Waals surface area contributed by atoms with Gasteiger partial charge in [-0.05, 0) is 48.4 Å². The van der Waals surface area contributed by atoms with Gasteiger partial charge in [0, 0.05) is 17.3 Å². The molecule has 1 aliphatic heterocycles. The van der Waals surface area contributed by atoms with Gasteiger partial charge >= 0.3 is 0 Å². The Hall–Kier alpha value is -3.05. The molecule has 0 aliphatic carbocycles. The summed E-state index contributed by atoms with van der Waals surface area (Å²) in [5.41, 5.74) is 4.05. The number of ether oxygens (including phenoxy) is 1. The fourth-order valence-electron chi connectivity index (χ4n) is 3.22. The highest BCUT2D eigenvalue weighted by atomic mass is 35.5. The minimum atomic E-state index is -0.0909. The summed E-state index contributed by atoms with van der Waals surface area (Å²) in [5.74, 6) is 0.583. The third-order valence-corrected chi connectivity index (χ3v) is 4.79. The number of anilines is 3. The Morgan fingerprint density at radius 3 is 2.81 bits per heavy atom. The van der Waals surface area contributed by atoms with Crippen LogP contribution in [0.3, 0.4) is 0 Å². The number of para-hydroxylation sites is 1. The lowest BCUT2D eigenvalue weighted by Gasteiger charge is -2.17. The van der Waals surface area contributed by atoms with E-state index in [-0.39, 0.29) is 5.91 Å². The van der Waals surface area contributed by atoms with Crippen molar-refractivity contribution in [1.29, 1.82) is 0 Å². The Balaban J connectivity index is 1.53. The molecule has 2 aromatic carbocycles. The number of rotatable bonds is 4. The van der Waals surface area contributed by atoms with Crippen LogP contribution in [-0.4, -0.2) is 24.5 Å². The molecule has 136 valence electrons. The van der Waals surface area contributed by atoms with Crippen molar-refractivity contribution < 1.29 is 9.53 Å². The minimum Gasteiger partial charge on any atom is -0.495 e. The zero-order valence-electron chi connectivity index (χ0n) is 14.8. The number of hydrogen-bond acceptors (Lipinski definition) is 4. The monoisotopic (exact) mass is 379 g/mol. The van der Waals surface area contributed by atoms with Crippen molar-refractivity contribution in [1.82, 2.24) is 4.98 Å². The lowest BCUT2D eigenvalue weighted by Crippen LogP contribution is -2.29. The number of aromatic nitrogens is 1. The maximum atomic E-state index is 12.8. The molecule has 0 fully saturated rings. The summed E-state index contributed by atoms with van der Waals surface area (Å²) in [5, 5.41) is 3.82. The number of carbonyl (C=O) groups is 1. The molecular formula is C21H18ClN3O2. The van der Waals surface area contributed by atoms with Gasteiger partial charge in [0.05, 0.1) is 24.7 Å². The van der Waals surface area contributed by atoms with Crippen LogP contribution in [0.25, 0.3) is 0 Å². The predicted molar refractivity (Wildman–Crippen MR) is 107 cm³/mol. The number of fused-ring (bicyclic) bond motifs is 1. The van der Waals surface area contributed by atoms with Crippen LogP contribution in [0, 0.1) is 0 Å². The molecule has 0 spiro atoms. The molecule has 1 amide bonds. The van der Waals surface area contributed by atoms with Crippen LogP contribution in [0.1, 0.15) is 16.1 Å². The van der Waals surface area contributed by atoms with Crippen LogP contribution < -0.4 is 15.0 Å². The van der Waals surface area contributed by atoms with E-state index in [2.05, 4.69) is 16.4 Å². The zero-order chi connectivity index (χ0) is 18.8. The van der Waals surface area contributed by atoms with Crippen LogP contribution in [0.4, 0.5) is 17.1 Å². The Labute approximate surface area is 162 Å². The molecule has 0 atom stereocenters. The van der Waals surface area contributed by atoms with Gasteiger partial charge in [-0.1, -0.05) is 29.8 Å². The number of benzene rings is 2. The van der Waals surface area contributed by atoms with Gasteiger partial charge in [0.2, 0.25) is 0 Å². The second-order valence-electron chi connectivity index (χ2n) is 6.24. The molecule has 6 heteroatoms. The lowest BCUT2D eigenvalue weighted by molar-refractivity contribution is 0.0984. The minimum absolute atomic E-state index is 0.0909. The number of methoxy groups -OCH3 is 1. The highest BCUT2D eigenvalue weighted by molar-refractivity contribution is 6.31. The standard InChI is InChI=1S/C21H18ClN3O2/c1-27-20-9-6-15(22)12-18(20)24-16-7-8-17(23-13-16)21(26)25-11-10-14-4-2-3-5-19(14)25/h2-9,12-13,24H,10-11H2,1H3. The molecule has 0 unspecified atom stereocenters. The summed E-state index contributed by atoms with van der Waals surface area (Å²) in [6.45, 7) is 0.680. The maximum absolute atomic E-state index is 12.8. The Kier molecular flexibility index (Phi) is 4.69. The molecule has 0 saturated heterocycles. The van der Waals surface area contributed by atoms with E-state index in [1.165, 1.54) is 5.56 Å². The summed E-state index contributed by atoms with van der Waals surface area (Å²) in [6.07, 6.45) is 2.51. The van der Waals surface area contributed by atoms with Gasteiger partial charge in [0.25, 0.3) is 5.91 Å². The van der Waals surface area contributed by atoms with Crippen LogP contribution in [-0.2, 0) is 6.42 Å². The number of nitrogens with zero attached hydrogens (tertiary/aromatic N) is 2.